The van der Waals surface area contributed by atoms with Crippen LogP contribution in [0, 0.1) is 12.5 Å². The van der Waals surface area contributed by atoms with Crippen molar-refractivity contribution in [1.82, 2.24) is 46.6 Å². The molecule has 32 heteroatoms. The molecule has 0 unspecified atom stereocenters. The number of aliphatic hydroxyl groups is 6. The van der Waals surface area contributed by atoms with E-state index in [1.807, 2.05) is 24.3 Å². The Morgan fingerprint density at radius 2 is 1.44 bits per heavy atom. The van der Waals surface area contributed by atoms with Gasteiger partial charge in [-0.15, -0.1) is 14.5 Å². The summed E-state index contributed by atoms with van der Waals surface area (Å²) in [6.07, 6.45) is -6.62. The van der Waals surface area contributed by atoms with Crippen LogP contribution in [0.4, 0.5) is 0 Å². The molecule has 1 aliphatic carbocycles. The third-order valence-electron chi connectivity index (χ3n) is 15.4. The van der Waals surface area contributed by atoms with E-state index < -0.39 is 165 Å². The molecule has 4 fully saturated rings. The number of amides is 7. The number of benzene rings is 3. The standard InChI is InChI=1S/C56H68N10O19S2.Na/c1-27-25-66-46(47(27)73)52(78)58-23-33(68)21-37(59-48(74)30-10-12-31(13-11-30)53-63-64-54(86-53)32-14-16-36(17-15-32)82-35-7-5-4-6-8-35)49(75)60-43(28(2)67)55(79)65-26-34(69)22-38(65)50(76)61-44(51(77)62-45(56(66)80)41(72)24-57-3)40(71)19-29-9-18-39(70)42(20-29)83-87-85-84-81;/h9-18,20,27-28,33-35,37-38,40-41,43-47,67-73,81H,4-8,19,21-26H2,1-2H3,(H,58,78)(H,59,74)(H,60,75)(H,61,76)(H,62,77);/q;+1/p-1/t27-,28+,33+,34+,37+,38+,40-,41-,43+,44+,45+,46+,47+;/m1./s1. The summed E-state index contributed by atoms with van der Waals surface area (Å²) in [4.78, 5) is 106. The quantitative estimate of drug-likeness (QED) is 0.0125. The zero-order valence-corrected chi connectivity index (χ0v) is 51.6. The van der Waals surface area contributed by atoms with Crippen molar-refractivity contribution in [3.63, 3.8) is 0 Å². The number of ether oxygens (including phenoxy) is 1. The second kappa shape index (κ2) is 31.7. The van der Waals surface area contributed by atoms with Crippen LogP contribution >= 0.6 is 23.7 Å². The van der Waals surface area contributed by atoms with Crippen LogP contribution < -0.4 is 70.3 Å². The first-order valence-corrected chi connectivity index (χ1v) is 29.5. The van der Waals surface area contributed by atoms with Gasteiger partial charge < -0.3 is 91.2 Å². The molecule has 8 rings (SSSR count). The Kier molecular flexibility index (Phi) is 24.8. The fraction of sp³-hybridized carbons (Fsp3) is 0.500. The van der Waals surface area contributed by atoms with Gasteiger partial charge in [-0.3, -0.25) is 38.6 Å². The first-order chi connectivity index (χ1) is 41.6. The molecule has 1 aromatic heterocycles. The minimum Gasteiger partial charge on any atom is -0.691 e. The fourth-order valence-corrected chi connectivity index (χ4v) is 11.9. The zero-order valence-electron chi connectivity index (χ0n) is 48.0. The number of β-amino-alcohol motifs (C(OH)–C–C–N with tert-alkyl or cyclic N) is 1. The van der Waals surface area contributed by atoms with Gasteiger partial charge in [0.2, 0.25) is 42.0 Å². The minimum absolute atomic E-state index is 0. The number of nitrogens with zero attached hydrogens (tertiary/aromatic N) is 5. The Balaban J connectivity index is 0.0000110. The van der Waals surface area contributed by atoms with Gasteiger partial charge in [0.1, 0.15) is 52.0 Å². The molecule has 88 heavy (non-hydrogen) atoms. The molecule has 13 atom stereocenters. The van der Waals surface area contributed by atoms with Gasteiger partial charge >= 0.3 is 29.6 Å². The first-order valence-electron chi connectivity index (χ1n) is 28.0. The topological polar surface area (TPSA) is 418 Å². The Morgan fingerprint density at radius 1 is 0.807 bits per heavy atom. The molecule has 0 spiro atoms. The van der Waals surface area contributed by atoms with Crippen LogP contribution in [0.3, 0.4) is 0 Å². The summed E-state index contributed by atoms with van der Waals surface area (Å²) < 4.78 is 15.3. The van der Waals surface area contributed by atoms with Crippen LogP contribution in [0.5, 0.6) is 17.2 Å². The molecule has 0 bridgehead atoms. The second-order valence-corrected chi connectivity index (χ2v) is 23.2. The molecule has 7 amide bonds. The summed E-state index contributed by atoms with van der Waals surface area (Å²) in [5.74, 6) is -8.94. The van der Waals surface area contributed by atoms with Crippen molar-refractivity contribution >= 4 is 65.0 Å². The van der Waals surface area contributed by atoms with Crippen molar-refractivity contribution in [1.29, 1.82) is 0 Å². The second-order valence-electron chi connectivity index (χ2n) is 21.8. The fourth-order valence-electron chi connectivity index (χ4n) is 10.8. The Hall–Kier alpha value is -6.61. The van der Waals surface area contributed by atoms with Gasteiger partial charge in [-0.2, -0.15) is 0 Å². The number of phenols is 1. The molecule has 29 nitrogen and oxygen atoms in total. The molecule has 3 aromatic carbocycles. The number of hydrogen-bond acceptors (Lipinski definition) is 23. The number of aliphatic hydroxyl groups excluding tert-OH is 6. The number of carbonyl (C=O) groups excluding carboxylic acids is 7. The average Bonchev–Trinajstić information content (AvgIpc) is 3.00. The molecule has 12 N–H and O–H groups in total. The molecule has 0 radical (unpaired) electrons. The minimum atomic E-state index is -2.16. The van der Waals surface area contributed by atoms with E-state index in [-0.39, 0.29) is 71.4 Å². The van der Waals surface area contributed by atoms with E-state index in [1.54, 1.807) is 12.1 Å². The molecule has 3 aliphatic heterocycles. The van der Waals surface area contributed by atoms with Gasteiger partial charge in [-0.05, 0) is 86.7 Å². The van der Waals surface area contributed by atoms with Crippen LogP contribution in [0.2, 0.25) is 0 Å². The zero-order chi connectivity index (χ0) is 62.6. The summed E-state index contributed by atoms with van der Waals surface area (Å²) in [6, 6.07) is 5.73. The third kappa shape index (κ3) is 17.2. The van der Waals surface area contributed by atoms with Crippen LogP contribution in [0.25, 0.3) is 26.0 Å². The maximum absolute atomic E-state index is 14.6. The van der Waals surface area contributed by atoms with E-state index in [0.29, 0.717) is 15.6 Å². The maximum Gasteiger partial charge on any atom is 1.00 e. The summed E-state index contributed by atoms with van der Waals surface area (Å²) in [6.45, 7) is 7.61. The van der Waals surface area contributed by atoms with E-state index in [4.69, 9.17) is 15.5 Å². The summed E-state index contributed by atoms with van der Waals surface area (Å²) in [5.41, 5.74) is 1.52. The number of nitrogens with one attached hydrogen (secondary N) is 5. The van der Waals surface area contributed by atoms with Crippen molar-refractivity contribution < 1.29 is 122 Å². The van der Waals surface area contributed by atoms with Crippen molar-refractivity contribution in [3.05, 3.63) is 89.3 Å². The van der Waals surface area contributed by atoms with Gasteiger partial charge in [-0.25, -0.2) is 6.57 Å². The molecule has 468 valence electrons. The number of phenolic OH excluding ortho intramolecular Hbond substituents is 1. The van der Waals surface area contributed by atoms with Gasteiger partial charge in [0.15, 0.2) is 17.6 Å². The van der Waals surface area contributed by atoms with Crippen LogP contribution in [0.1, 0.15) is 74.7 Å². The van der Waals surface area contributed by atoms with E-state index in [9.17, 15) is 74.6 Å². The average molecular weight is 1270 g/mol. The monoisotopic (exact) mass is 1270 g/mol. The normalized spacial score (nSPS) is 26.3. The molecule has 4 heterocycles. The number of carbonyl (C=O) groups is 7. The van der Waals surface area contributed by atoms with Crippen molar-refractivity contribution in [2.45, 2.75) is 144 Å². The summed E-state index contributed by atoms with van der Waals surface area (Å²) in [5, 5.41) is 114. The van der Waals surface area contributed by atoms with Crippen LogP contribution in [-0.4, -0.2) is 202 Å². The molecule has 3 saturated heterocycles. The largest absolute Gasteiger partial charge is 1.00 e. The molecule has 4 aromatic rings. The Labute approximate surface area is 534 Å². The SMILES string of the molecule is [C-]#[N+]C[C@@H](O)[C@@H]1NC(=O)[C@H]([C@H](O)Cc2ccc(O)c(OSOO[O-])c2)NC(=O)[C@@H]2C[C@H](O)CN2C(=O)[C@H]([C@H](C)O)NC(=O)[C@@H](NC(=O)c2ccc(-c3nnc(-c4ccc(OC5CCCCC5)cc4)s3)cc2)C[C@H](O)CNC(=O)[C@@H]2[C@@H](O)[C@H](C)CN2C1=O.[Na+]. The molecular weight excluding hydrogens is 1200 g/mol. The third-order valence-corrected chi connectivity index (χ3v) is 16.8. The van der Waals surface area contributed by atoms with Gasteiger partial charge in [0.05, 0.1) is 36.6 Å². The molecule has 1 saturated carbocycles. The van der Waals surface area contributed by atoms with Crippen molar-refractivity contribution in [2.24, 2.45) is 5.92 Å². The van der Waals surface area contributed by atoms with E-state index >= 15 is 0 Å². The van der Waals surface area contributed by atoms with E-state index in [0.717, 1.165) is 65.9 Å². The van der Waals surface area contributed by atoms with Crippen LogP contribution in [0.15, 0.2) is 66.7 Å². The number of hydrogen-bond donors (Lipinski definition) is 12. The Bertz CT molecular complexity index is 3140. The summed E-state index contributed by atoms with van der Waals surface area (Å²) >= 11 is 1.31. The number of fused-ring (bicyclic) bond motifs is 2. The maximum atomic E-state index is 14.6. The Morgan fingerprint density at radius 3 is 2.09 bits per heavy atom. The predicted molar refractivity (Wildman–Crippen MR) is 303 cm³/mol. The first kappa shape index (κ1) is 68.9. The van der Waals surface area contributed by atoms with Gasteiger partial charge in [0.25, 0.3) is 18.2 Å². The van der Waals surface area contributed by atoms with E-state index in [2.05, 4.69) is 51.0 Å². The van der Waals surface area contributed by atoms with E-state index in [1.165, 1.54) is 42.9 Å². The summed E-state index contributed by atoms with van der Waals surface area (Å²) in [7, 11) is 0. The smallest absolute Gasteiger partial charge is 0.691 e. The predicted octanol–water partition coefficient (Wildman–Crippen LogP) is -4.67. The van der Waals surface area contributed by atoms with Gasteiger partial charge in [-0.1, -0.05) is 42.9 Å². The number of aromatic nitrogens is 2. The van der Waals surface area contributed by atoms with Gasteiger partial charge in [0, 0.05) is 61.5 Å². The molecular formula is C56H67N10NaO19S2. The van der Waals surface area contributed by atoms with Crippen LogP contribution in [-0.2, 0) is 44.6 Å². The van der Waals surface area contributed by atoms with Crippen molar-refractivity contribution in [3.8, 4) is 38.4 Å². The number of rotatable bonds is 16. The number of aromatic hydroxyl groups is 1. The van der Waals surface area contributed by atoms with Crippen molar-refractivity contribution in [2.75, 3.05) is 26.2 Å². The molecule has 4 aliphatic rings.